The third-order valence-corrected chi connectivity index (χ3v) is 5.70. The molecule has 0 bridgehead atoms. The molecule has 6 heteroatoms. The number of hydrogen-bond donors (Lipinski definition) is 2. The molecule has 2 aromatic rings. The fourth-order valence-corrected chi connectivity index (χ4v) is 3.95. The molecule has 24 heavy (non-hydrogen) atoms. The Hall–Kier alpha value is -1.59. The highest BCUT2D eigenvalue weighted by atomic mass is 35.5. The molecule has 3 aliphatic rings. The molecule has 1 aliphatic heterocycles. The molecule has 1 atom stereocenters. The quantitative estimate of drug-likeness (QED) is 0.892. The van der Waals surface area contributed by atoms with E-state index in [1.165, 1.54) is 12.8 Å². The lowest BCUT2D eigenvalue weighted by atomic mass is 9.92. The molecular formula is C18H22ClN3O2. The van der Waals surface area contributed by atoms with Crippen LogP contribution in [0.3, 0.4) is 0 Å². The molecule has 1 unspecified atom stereocenters. The van der Waals surface area contributed by atoms with Gasteiger partial charge in [0.15, 0.2) is 11.5 Å². The van der Waals surface area contributed by atoms with Gasteiger partial charge in [0, 0.05) is 17.5 Å². The van der Waals surface area contributed by atoms with E-state index in [0.29, 0.717) is 5.92 Å². The lowest BCUT2D eigenvalue weighted by Gasteiger charge is -2.23. The van der Waals surface area contributed by atoms with Gasteiger partial charge in [-0.05, 0) is 68.8 Å². The second kappa shape index (κ2) is 5.74. The van der Waals surface area contributed by atoms with Crippen LogP contribution in [-0.2, 0) is 4.79 Å². The molecule has 1 saturated heterocycles. The van der Waals surface area contributed by atoms with Gasteiger partial charge in [0.1, 0.15) is 5.52 Å². The maximum atomic E-state index is 12.5. The summed E-state index contributed by atoms with van der Waals surface area (Å²) in [5.74, 6) is 1.70. The number of anilines is 1. The Kier molecular flexibility index (Phi) is 3.81. The smallest absolute Gasteiger partial charge is 0.228 e. The van der Waals surface area contributed by atoms with Crippen molar-refractivity contribution in [3.8, 4) is 0 Å². The zero-order chi connectivity index (χ0) is 15.4. The van der Waals surface area contributed by atoms with Gasteiger partial charge in [-0.2, -0.15) is 0 Å². The summed E-state index contributed by atoms with van der Waals surface area (Å²) in [7, 11) is 0. The van der Waals surface area contributed by atoms with Crippen molar-refractivity contribution in [2.24, 2.45) is 11.3 Å². The van der Waals surface area contributed by atoms with Gasteiger partial charge in [-0.1, -0.05) is 0 Å². The van der Waals surface area contributed by atoms with Gasteiger partial charge >= 0.3 is 0 Å². The molecule has 0 radical (unpaired) electrons. The fourth-order valence-electron chi connectivity index (χ4n) is 3.95. The Balaban J connectivity index is 0.00000146. The molecule has 5 nitrogen and oxygen atoms in total. The molecule has 2 N–H and O–H groups in total. The van der Waals surface area contributed by atoms with E-state index in [4.69, 9.17) is 4.42 Å². The molecule has 2 heterocycles. The van der Waals surface area contributed by atoms with E-state index in [-0.39, 0.29) is 29.6 Å². The first-order valence-electron chi connectivity index (χ1n) is 8.66. The topological polar surface area (TPSA) is 67.2 Å². The summed E-state index contributed by atoms with van der Waals surface area (Å²) in [6.07, 6.45) is 5.64. The van der Waals surface area contributed by atoms with E-state index in [1.54, 1.807) is 0 Å². The van der Waals surface area contributed by atoms with Crippen LogP contribution in [-0.4, -0.2) is 24.0 Å². The van der Waals surface area contributed by atoms with Crippen LogP contribution in [0.2, 0.25) is 0 Å². The number of hydrogen-bond acceptors (Lipinski definition) is 4. The predicted octanol–water partition coefficient (Wildman–Crippen LogP) is 3.46. The third kappa shape index (κ3) is 2.70. The summed E-state index contributed by atoms with van der Waals surface area (Å²) in [6.45, 7) is 2.08. The number of oxazole rings is 1. The van der Waals surface area contributed by atoms with Gasteiger partial charge in [-0.25, -0.2) is 4.98 Å². The molecule has 1 aromatic heterocycles. The minimum absolute atomic E-state index is 0. The first kappa shape index (κ1) is 15.9. The largest absolute Gasteiger partial charge is 0.440 e. The summed E-state index contributed by atoms with van der Waals surface area (Å²) >= 11 is 0. The third-order valence-electron chi connectivity index (χ3n) is 5.70. The average Bonchev–Trinajstić information content (AvgIpc) is 3.47. The molecule has 5 rings (SSSR count). The second-order valence-corrected chi connectivity index (χ2v) is 7.37. The van der Waals surface area contributed by atoms with Crippen molar-refractivity contribution in [1.29, 1.82) is 0 Å². The van der Waals surface area contributed by atoms with Gasteiger partial charge in [0.05, 0.1) is 0 Å². The summed E-state index contributed by atoms with van der Waals surface area (Å²) in [4.78, 5) is 17.1. The number of fused-ring (bicyclic) bond motifs is 1. The van der Waals surface area contributed by atoms with Crippen LogP contribution in [0.4, 0.5) is 5.69 Å². The number of carbonyl (C=O) groups excluding carboxylic acids is 1. The van der Waals surface area contributed by atoms with E-state index < -0.39 is 0 Å². The minimum Gasteiger partial charge on any atom is -0.440 e. The zero-order valence-electron chi connectivity index (χ0n) is 13.5. The predicted molar refractivity (Wildman–Crippen MR) is 94.5 cm³/mol. The number of carbonyl (C=O) groups is 1. The summed E-state index contributed by atoms with van der Waals surface area (Å²) in [5, 5.41) is 6.46. The molecule has 1 aromatic carbocycles. The van der Waals surface area contributed by atoms with E-state index in [9.17, 15) is 4.79 Å². The Morgan fingerprint density at radius 2 is 2.08 bits per heavy atom. The van der Waals surface area contributed by atoms with E-state index >= 15 is 0 Å². The van der Waals surface area contributed by atoms with Gasteiger partial charge in [0.25, 0.3) is 0 Å². The van der Waals surface area contributed by atoms with Gasteiger partial charge in [-0.3, -0.25) is 4.79 Å². The standard InChI is InChI=1S/C18H21N3O2.ClH/c22-16(13-10-18(13)5-7-19-8-6-18)20-12-3-4-15-14(9-12)21-17(23-15)11-1-2-11;/h3-4,9,11,13,19H,1-2,5-8,10H2,(H,20,22);1H. The van der Waals surface area contributed by atoms with Crippen molar-refractivity contribution in [3.63, 3.8) is 0 Å². The van der Waals surface area contributed by atoms with E-state index in [2.05, 4.69) is 15.6 Å². The summed E-state index contributed by atoms with van der Waals surface area (Å²) < 4.78 is 5.77. The highest BCUT2D eigenvalue weighted by Gasteiger charge is 2.57. The van der Waals surface area contributed by atoms with Crippen molar-refractivity contribution in [1.82, 2.24) is 10.3 Å². The molecule has 2 saturated carbocycles. The second-order valence-electron chi connectivity index (χ2n) is 7.37. The lowest BCUT2D eigenvalue weighted by Crippen LogP contribution is -2.31. The van der Waals surface area contributed by atoms with Crippen molar-refractivity contribution >= 4 is 35.1 Å². The number of halogens is 1. The Morgan fingerprint density at radius 3 is 2.83 bits per heavy atom. The van der Waals surface area contributed by atoms with Gasteiger partial charge < -0.3 is 15.1 Å². The number of rotatable bonds is 3. The van der Waals surface area contributed by atoms with Crippen LogP contribution < -0.4 is 10.6 Å². The van der Waals surface area contributed by atoms with Crippen LogP contribution in [0.5, 0.6) is 0 Å². The fraction of sp³-hybridized carbons (Fsp3) is 0.556. The van der Waals surface area contributed by atoms with Crippen molar-refractivity contribution in [3.05, 3.63) is 24.1 Å². The lowest BCUT2D eigenvalue weighted by molar-refractivity contribution is -0.118. The number of benzene rings is 1. The number of amides is 1. The average molecular weight is 348 g/mol. The van der Waals surface area contributed by atoms with Crippen LogP contribution in [0.15, 0.2) is 22.6 Å². The number of nitrogens with one attached hydrogen (secondary N) is 2. The van der Waals surface area contributed by atoms with E-state index in [1.807, 2.05) is 18.2 Å². The Morgan fingerprint density at radius 1 is 1.29 bits per heavy atom. The van der Waals surface area contributed by atoms with Gasteiger partial charge in [0.2, 0.25) is 5.91 Å². The van der Waals surface area contributed by atoms with Gasteiger partial charge in [-0.15, -0.1) is 12.4 Å². The SMILES string of the molecule is Cl.O=C(Nc1ccc2oc(C3CC3)nc2c1)C1CC12CCNCC2. The van der Waals surface area contributed by atoms with Crippen LogP contribution in [0, 0.1) is 11.3 Å². The maximum absolute atomic E-state index is 12.5. The van der Waals surface area contributed by atoms with Crippen LogP contribution in [0.1, 0.15) is 43.9 Å². The minimum atomic E-state index is 0. The first-order valence-corrected chi connectivity index (χ1v) is 8.66. The highest BCUT2D eigenvalue weighted by Crippen LogP contribution is 2.58. The number of nitrogens with zero attached hydrogens (tertiary/aromatic N) is 1. The summed E-state index contributed by atoms with van der Waals surface area (Å²) in [5.41, 5.74) is 2.75. The summed E-state index contributed by atoms with van der Waals surface area (Å²) in [6, 6.07) is 5.76. The van der Waals surface area contributed by atoms with Crippen LogP contribution >= 0.6 is 12.4 Å². The van der Waals surface area contributed by atoms with Crippen LogP contribution in [0.25, 0.3) is 11.1 Å². The van der Waals surface area contributed by atoms with E-state index in [0.717, 1.165) is 55.0 Å². The number of piperidine rings is 1. The maximum Gasteiger partial charge on any atom is 0.228 e. The molecule has 1 amide bonds. The monoisotopic (exact) mass is 347 g/mol. The van der Waals surface area contributed by atoms with Crippen molar-refractivity contribution < 1.29 is 9.21 Å². The highest BCUT2D eigenvalue weighted by molar-refractivity contribution is 5.96. The Bertz CT molecular complexity index is 778. The molecule has 2 aliphatic carbocycles. The van der Waals surface area contributed by atoms with Crippen molar-refractivity contribution in [2.45, 2.75) is 38.0 Å². The molecule has 1 spiro atoms. The normalized spacial score (nSPS) is 24.6. The zero-order valence-corrected chi connectivity index (χ0v) is 14.3. The molecule has 128 valence electrons. The Labute approximate surface area is 147 Å². The first-order chi connectivity index (χ1) is 11.2. The van der Waals surface area contributed by atoms with Crippen molar-refractivity contribution in [2.75, 3.05) is 18.4 Å². The molecule has 3 fully saturated rings. The number of aromatic nitrogens is 1. The molecular weight excluding hydrogens is 326 g/mol.